The maximum Gasteiger partial charge on any atom is 0.272 e. The lowest BCUT2D eigenvalue weighted by Gasteiger charge is -2.34. The van der Waals surface area contributed by atoms with Gasteiger partial charge in [-0.15, -0.1) is 0 Å². The van der Waals surface area contributed by atoms with E-state index in [4.69, 9.17) is 11.6 Å². The molecule has 0 saturated carbocycles. The zero-order chi connectivity index (χ0) is 24.4. The minimum atomic E-state index is -0.342. The van der Waals surface area contributed by atoms with E-state index in [-0.39, 0.29) is 11.7 Å². The number of nitrogens with one attached hydrogen (secondary N) is 2. The maximum atomic E-state index is 14.2. The van der Waals surface area contributed by atoms with Crippen LogP contribution in [0.2, 0.25) is 5.02 Å². The van der Waals surface area contributed by atoms with Gasteiger partial charge in [0.2, 0.25) is 0 Å². The number of halogens is 2. The van der Waals surface area contributed by atoms with Crippen LogP contribution in [0.25, 0.3) is 10.9 Å². The number of benzene rings is 2. The van der Waals surface area contributed by atoms with Crippen molar-refractivity contribution in [2.75, 3.05) is 42.9 Å². The standard InChI is InChI=1S/C28H34ClFN4O/c1-19-6-7-25(30)24-18-26(32-27(19)24)28(35)31-22-15-21(29)16-23(17-22)34-13-8-20(9-14-34)5-4-12-33-10-2-3-11-33/h6-7,15-18,20,32H,2-5,8-14H2,1H3,(H,31,35). The average molecular weight is 497 g/mol. The summed E-state index contributed by atoms with van der Waals surface area (Å²) in [4.78, 5) is 20.9. The highest BCUT2D eigenvalue weighted by Crippen LogP contribution is 2.31. The van der Waals surface area contributed by atoms with E-state index in [2.05, 4.69) is 20.1 Å². The second-order valence-electron chi connectivity index (χ2n) is 10.1. The van der Waals surface area contributed by atoms with E-state index in [0.29, 0.717) is 27.3 Å². The first-order valence-corrected chi connectivity index (χ1v) is 13.2. The Kier molecular flexibility index (Phi) is 7.30. The van der Waals surface area contributed by atoms with Crippen molar-refractivity contribution in [1.29, 1.82) is 0 Å². The number of amides is 1. The smallest absolute Gasteiger partial charge is 0.272 e. The molecular weight excluding hydrogens is 463 g/mol. The van der Waals surface area contributed by atoms with Crippen LogP contribution in [0.3, 0.4) is 0 Å². The van der Waals surface area contributed by atoms with E-state index < -0.39 is 0 Å². The van der Waals surface area contributed by atoms with Gasteiger partial charge in [-0.2, -0.15) is 0 Å². The van der Waals surface area contributed by atoms with Gasteiger partial charge in [0, 0.05) is 34.9 Å². The number of likely N-dealkylation sites (tertiary alicyclic amines) is 1. The molecule has 1 aromatic heterocycles. The third-order valence-corrected chi connectivity index (χ3v) is 7.82. The molecule has 2 saturated heterocycles. The lowest BCUT2D eigenvalue weighted by molar-refractivity contribution is 0.102. The van der Waals surface area contributed by atoms with Crippen LogP contribution in [0.5, 0.6) is 0 Å². The molecule has 2 aliphatic heterocycles. The molecule has 2 fully saturated rings. The van der Waals surface area contributed by atoms with Gasteiger partial charge in [0.05, 0.1) is 5.52 Å². The molecule has 0 radical (unpaired) electrons. The summed E-state index contributed by atoms with van der Waals surface area (Å²) >= 11 is 6.42. The fourth-order valence-electron chi connectivity index (χ4n) is 5.56. The molecule has 0 spiro atoms. The van der Waals surface area contributed by atoms with E-state index in [1.54, 1.807) is 18.2 Å². The van der Waals surface area contributed by atoms with Crippen molar-refractivity contribution in [3.63, 3.8) is 0 Å². The Balaban J connectivity index is 1.19. The molecule has 2 aliphatic rings. The van der Waals surface area contributed by atoms with Gasteiger partial charge < -0.3 is 20.1 Å². The number of piperidine rings is 1. The van der Waals surface area contributed by atoms with Gasteiger partial charge in [-0.05, 0) is 107 Å². The van der Waals surface area contributed by atoms with Gasteiger partial charge >= 0.3 is 0 Å². The van der Waals surface area contributed by atoms with Crippen LogP contribution < -0.4 is 10.2 Å². The number of nitrogens with zero attached hydrogens (tertiary/aromatic N) is 2. The lowest BCUT2D eigenvalue weighted by Crippen LogP contribution is -2.34. The molecule has 0 bridgehead atoms. The lowest BCUT2D eigenvalue weighted by atomic mass is 9.92. The van der Waals surface area contributed by atoms with E-state index in [9.17, 15) is 9.18 Å². The van der Waals surface area contributed by atoms with Crippen molar-refractivity contribution < 1.29 is 9.18 Å². The number of aryl methyl sites for hydroxylation is 1. The zero-order valence-corrected chi connectivity index (χ0v) is 21.1. The Hall–Kier alpha value is -2.57. The molecule has 2 aromatic carbocycles. The minimum absolute atomic E-state index is 0.315. The molecular formula is C28H34ClFN4O. The molecule has 35 heavy (non-hydrogen) atoms. The second kappa shape index (κ2) is 10.6. The number of carbonyl (C=O) groups is 1. The monoisotopic (exact) mass is 496 g/mol. The van der Waals surface area contributed by atoms with Crippen LogP contribution in [0.15, 0.2) is 36.4 Å². The molecule has 1 amide bonds. The van der Waals surface area contributed by atoms with E-state index >= 15 is 0 Å². The number of anilines is 2. The SMILES string of the molecule is Cc1ccc(F)c2cc(C(=O)Nc3cc(Cl)cc(N4CCC(CCCN5CCCC5)CC4)c3)[nH]c12. The van der Waals surface area contributed by atoms with E-state index in [1.807, 2.05) is 19.1 Å². The van der Waals surface area contributed by atoms with Gasteiger partial charge in [-0.1, -0.05) is 17.7 Å². The molecule has 3 heterocycles. The Labute approximate surface area is 211 Å². The van der Waals surface area contributed by atoms with Gasteiger partial charge in [0.15, 0.2) is 0 Å². The van der Waals surface area contributed by atoms with Crippen LogP contribution in [0, 0.1) is 18.7 Å². The Morgan fingerprint density at radius 2 is 1.89 bits per heavy atom. The van der Waals surface area contributed by atoms with Crippen LogP contribution in [0.4, 0.5) is 15.8 Å². The summed E-state index contributed by atoms with van der Waals surface area (Å²) in [6.07, 6.45) is 7.71. The van der Waals surface area contributed by atoms with Crippen molar-refractivity contribution >= 4 is 39.8 Å². The summed E-state index contributed by atoms with van der Waals surface area (Å²) < 4.78 is 14.2. The number of rotatable bonds is 7. The number of aromatic amines is 1. The van der Waals surface area contributed by atoms with Crippen LogP contribution >= 0.6 is 11.6 Å². The minimum Gasteiger partial charge on any atom is -0.371 e. The molecule has 0 atom stereocenters. The third kappa shape index (κ3) is 5.65. The number of H-pyrrole nitrogens is 1. The fourth-order valence-corrected chi connectivity index (χ4v) is 5.79. The molecule has 2 N–H and O–H groups in total. The first kappa shape index (κ1) is 24.1. The van der Waals surface area contributed by atoms with Crippen LogP contribution in [0.1, 0.15) is 54.6 Å². The first-order chi connectivity index (χ1) is 17.0. The van der Waals surface area contributed by atoms with Crippen LogP contribution in [-0.2, 0) is 0 Å². The van der Waals surface area contributed by atoms with Crippen molar-refractivity contribution in [1.82, 2.24) is 9.88 Å². The molecule has 186 valence electrons. The highest BCUT2D eigenvalue weighted by atomic mass is 35.5. The number of carbonyl (C=O) groups excluding carboxylic acids is 1. The summed E-state index contributed by atoms with van der Waals surface area (Å²) in [6, 6.07) is 10.4. The number of hydrogen-bond acceptors (Lipinski definition) is 3. The molecule has 3 aromatic rings. The highest BCUT2D eigenvalue weighted by molar-refractivity contribution is 6.31. The average Bonchev–Trinajstić information content (AvgIpc) is 3.53. The van der Waals surface area contributed by atoms with Gasteiger partial charge in [0.1, 0.15) is 11.5 Å². The normalized spacial score (nSPS) is 17.4. The largest absolute Gasteiger partial charge is 0.371 e. The molecule has 5 nitrogen and oxygen atoms in total. The van der Waals surface area contributed by atoms with Gasteiger partial charge in [-0.25, -0.2) is 4.39 Å². The predicted molar refractivity (Wildman–Crippen MR) is 142 cm³/mol. The molecule has 0 aliphatic carbocycles. The highest BCUT2D eigenvalue weighted by Gasteiger charge is 2.21. The topological polar surface area (TPSA) is 51.4 Å². The second-order valence-corrected chi connectivity index (χ2v) is 10.5. The van der Waals surface area contributed by atoms with Crippen molar-refractivity contribution in [2.45, 2.75) is 45.4 Å². The Morgan fingerprint density at radius 3 is 2.63 bits per heavy atom. The predicted octanol–water partition coefficient (Wildman–Crippen LogP) is 6.61. The van der Waals surface area contributed by atoms with Gasteiger partial charge in [0.25, 0.3) is 5.91 Å². The van der Waals surface area contributed by atoms with Gasteiger partial charge in [-0.3, -0.25) is 4.79 Å². The molecule has 7 heteroatoms. The summed E-state index contributed by atoms with van der Waals surface area (Å²) in [7, 11) is 0. The number of fused-ring (bicyclic) bond motifs is 1. The fraction of sp³-hybridized carbons (Fsp3) is 0.464. The maximum absolute atomic E-state index is 14.2. The summed E-state index contributed by atoms with van der Waals surface area (Å²) in [5, 5.41) is 3.94. The first-order valence-electron chi connectivity index (χ1n) is 12.8. The number of hydrogen-bond donors (Lipinski definition) is 2. The van der Waals surface area contributed by atoms with Crippen molar-refractivity contribution in [2.24, 2.45) is 5.92 Å². The summed E-state index contributed by atoms with van der Waals surface area (Å²) in [5.74, 6) is 0.133. The van der Waals surface area contributed by atoms with Crippen molar-refractivity contribution in [3.8, 4) is 0 Å². The summed E-state index contributed by atoms with van der Waals surface area (Å²) in [6.45, 7) is 7.71. The third-order valence-electron chi connectivity index (χ3n) is 7.60. The van der Waals surface area contributed by atoms with E-state index in [0.717, 1.165) is 30.3 Å². The Bertz CT molecular complexity index is 1160. The van der Waals surface area contributed by atoms with E-state index in [1.165, 1.54) is 64.2 Å². The van der Waals surface area contributed by atoms with Crippen molar-refractivity contribution in [3.05, 3.63) is 58.5 Å². The molecule has 5 rings (SSSR count). The zero-order valence-electron chi connectivity index (χ0n) is 20.4. The summed E-state index contributed by atoms with van der Waals surface area (Å²) in [5.41, 5.74) is 3.53. The Morgan fingerprint density at radius 1 is 1.11 bits per heavy atom. The van der Waals surface area contributed by atoms with Crippen LogP contribution in [-0.4, -0.2) is 48.5 Å². The molecule has 0 unspecified atom stereocenters. The quantitative estimate of drug-likeness (QED) is 0.386. The number of aromatic nitrogens is 1.